The largest absolute Gasteiger partial charge is 0.493 e. The quantitative estimate of drug-likeness (QED) is 0.509. The highest BCUT2D eigenvalue weighted by atomic mass is 32.2. The molecule has 3 heterocycles. The molecule has 5 rings (SSSR count). The van der Waals surface area contributed by atoms with Gasteiger partial charge in [0.2, 0.25) is 10.0 Å². The molecule has 0 spiro atoms. The van der Waals surface area contributed by atoms with Crippen molar-refractivity contribution in [2.45, 2.75) is 56.9 Å². The van der Waals surface area contributed by atoms with E-state index in [4.69, 9.17) is 9.72 Å². The van der Waals surface area contributed by atoms with Gasteiger partial charge in [0, 0.05) is 32.7 Å². The van der Waals surface area contributed by atoms with Gasteiger partial charge in [0.1, 0.15) is 17.3 Å². The molecule has 2 N–H and O–H groups in total. The molecule has 1 atom stereocenters. The number of hydrogen-bond donors (Lipinski definition) is 2. The number of nitrogens with zero attached hydrogens (tertiary/aromatic N) is 4. The molecule has 0 amide bonds. The first kappa shape index (κ1) is 26.1. The second kappa shape index (κ2) is 10.7. The molecule has 1 aromatic carbocycles. The standard InChI is InChI=1S/C26H38N6O4S/c1-4-7-21-23-24(29-32(21)17-18-8-6-9-18)26(33)28-25(27-23)20-16-19(10-11-22(20)36-5-2)37(34,35)31-14-12-30(3)13-15-31/h10-11,16,18,21,29H,4-9,12-15,17H2,1-3H3,(H,27,28,33). The molecule has 2 fully saturated rings. The number of anilines is 1. The topological polar surface area (TPSA) is 111 Å². The van der Waals surface area contributed by atoms with Crippen LogP contribution in [-0.4, -0.2) is 79.0 Å². The van der Waals surface area contributed by atoms with Crippen LogP contribution in [-0.2, 0) is 10.0 Å². The number of hydrazine groups is 1. The van der Waals surface area contributed by atoms with Gasteiger partial charge in [0.05, 0.1) is 28.8 Å². The molecule has 11 heteroatoms. The van der Waals surface area contributed by atoms with Crippen LogP contribution >= 0.6 is 0 Å². The lowest BCUT2D eigenvalue weighted by atomic mass is 9.85. The fourth-order valence-electron chi connectivity index (χ4n) is 5.34. The summed E-state index contributed by atoms with van der Waals surface area (Å²) in [6.07, 6.45) is 5.53. The molecule has 2 aromatic rings. The van der Waals surface area contributed by atoms with Crippen molar-refractivity contribution in [1.29, 1.82) is 0 Å². The number of rotatable bonds is 9. The van der Waals surface area contributed by atoms with Crippen molar-refractivity contribution in [3.63, 3.8) is 0 Å². The average Bonchev–Trinajstić information content (AvgIpc) is 3.20. The molecular weight excluding hydrogens is 492 g/mol. The van der Waals surface area contributed by atoms with Crippen molar-refractivity contribution in [3.05, 3.63) is 34.2 Å². The Morgan fingerprint density at radius 1 is 1.14 bits per heavy atom. The number of benzene rings is 1. The van der Waals surface area contributed by atoms with E-state index in [0.29, 0.717) is 61.5 Å². The highest BCUT2D eigenvalue weighted by Gasteiger charge is 2.36. The number of likely N-dealkylation sites (N-methyl/N-ethyl adjacent to an activating group) is 1. The van der Waals surface area contributed by atoms with Crippen LogP contribution in [0.3, 0.4) is 0 Å². The van der Waals surface area contributed by atoms with Gasteiger partial charge in [-0.05, 0) is 57.4 Å². The minimum atomic E-state index is -3.70. The lowest BCUT2D eigenvalue weighted by Gasteiger charge is -2.33. The van der Waals surface area contributed by atoms with Gasteiger partial charge in [-0.25, -0.2) is 18.4 Å². The Balaban J connectivity index is 1.53. The number of aromatic amines is 1. The predicted octanol–water partition coefficient (Wildman–Crippen LogP) is 3.06. The summed E-state index contributed by atoms with van der Waals surface area (Å²) in [5.41, 5.74) is 4.75. The van der Waals surface area contributed by atoms with Gasteiger partial charge in [-0.2, -0.15) is 4.31 Å². The molecule has 1 aliphatic carbocycles. The molecule has 10 nitrogen and oxygen atoms in total. The lowest BCUT2D eigenvalue weighted by Crippen LogP contribution is -2.47. The van der Waals surface area contributed by atoms with Crippen LogP contribution in [0.5, 0.6) is 5.75 Å². The maximum absolute atomic E-state index is 13.5. The summed E-state index contributed by atoms with van der Waals surface area (Å²) in [5, 5.41) is 2.17. The van der Waals surface area contributed by atoms with Gasteiger partial charge < -0.3 is 20.0 Å². The van der Waals surface area contributed by atoms with E-state index in [9.17, 15) is 13.2 Å². The van der Waals surface area contributed by atoms with Crippen LogP contribution < -0.4 is 15.7 Å². The maximum Gasteiger partial charge on any atom is 0.276 e. The highest BCUT2D eigenvalue weighted by Crippen LogP contribution is 2.39. The number of sulfonamides is 1. The molecule has 1 unspecified atom stereocenters. The van der Waals surface area contributed by atoms with E-state index < -0.39 is 10.0 Å². The van der Waals surface area contributed by atoms with Crippen LogP contribution in [0.15, 0.2) is 27.9 Å². The minimum Gasteiger partial charge on any atom is -0.493 e. The highest BCUT2D eigenvalue weighted by molar-refractivity contribution is 7.89. The molecule has 3 aliphatic rings. The molecule has 1 saturated heterocycles. The van der Waals surface area contributed by atoms with Crippen LogP contribution in [0.4, 0.5) is 5.69 Å². The zero-order valence-electron chi connectivity index (χ0n) is 22.0. The van der Waals surface area contributed by atoms with E-state index in [1.54, 1.807) is 18.2 Å². The molecule has 202 valence electrons. The molecule has 1 aromatic heterocycles. The van der Waals surface area contributed by atoms with E-state index in [1.165, 1.54) is 23.6 Å². The summed E-state index contributed by atoms with van der Waals surface area (Å²) < 4.78 is 34.3. The first-order chi connectivity index (χ1) is 17.8. The van der Waals surface area contributed by atoms with Crippen molar-refractivity contribution < 1.29 is 13.2 Å². The first-order valence-corrected chi connectivity index (χ1v) is 14.9. The summed E-state index contributed by atoms with van der Waals surface area (Å²) in [5.74, 6) is 1.46. The van der Waals surface area contributed by atoms with Crippen molar-refractivity contribution in [3.8, 4) is 17.1 Å². The van der Waals surface area contributed by atoms with Crippen molar-refractivity contribution in [2.75, 3.05) is 51.8 Å². The summed E-state index contributed by atoms with van der Waals surface area (Å²) in [4.78, 5) is 23.4. The summed E-state index contributed by atoms with van der Waals surface area (Å²) >= 11 is 0. The van der Waals surface area contributed by atoms with Gasteiger partial charge >= 0.3 is 0 Å². The number of aromatic nitrogens is 2. The third-order valence-electron chi connectivity index (χ3n) is 7.74. The number of hydrogen-bond acceptors (Lipinski definition) is 8. The Morgan fingerprint density at radius 3 is 2.54 bits per heavy atom. The first-order valence-electron chi connectivity index (χ1n) is 13.4. The van der Waals surface area contributed by atoms with Crippen LogP contribution in [0, 0.1) is 5.92 Å². The molecule has 1 saturated carbocycles. The van der Waals surface area contributed by atoms with Gasteiger partial charge in [0.15, 0.2) is 0 Å². The Hall–Kier alpha value is -2.47. The fourth-order valence-corrected chi connectivity index (χ4v) is 6.79. The van der Waals surface area contributed by atoms with Crippen LogP contribution in [0.25, 0.3) is 11.4 Å². The molecule has 0 bridgehead atoms. The molecular formula is C26H38N6O4S. The zero-order chi connectivity index (χ0) is 26.2. The monoisotopic (exact) mass is 530 g/mol. The SMILES string of the molecule is CCCC1c2nc(-c3cc(S(=O)(=O)N4CCN(C)CC4)ccc3OCC)[nH]c(=O)c2NN1CC1CCC1. The Bertz CT molecular complexity index is 1280. The summed E-state index contributed by atoms with van der Waals surface area (Å²) in [7, 11) is -1.71. The normalized spacial score (nSPS) is 21.4. The van der Waals surface area contributed by atoms with Gasteiger partial charge in [-0.3, -0.25) is 4.79 Å². The second-order valence-corrected chi connectivity index (χ2v) is 12.3. The lowest BCUT2D eigenvalue weighted by molar-refractivity contribution is 0.164. The average molecular weight is 531 g/mol. The van der Waals surface area contributed by atoms with Crippen molar-refractivity contribution in [2.24, 2.45) is 5.92 Å². The van der Waals surface area contributed by atoms with E-state index in [1.807, 2.05) is 14.0 Å². The second-order valence-electron chi connectivity index (χ2n) is 10.3. The minimum absolute atomic E-state index is 0.00514. The van der Waals surface area contributed by atoms with Crippen molar-refractivity contribution >= 4 is 15.7 Å². The number of ether oxygens (including phenoxy) is 1. The zero-order valence-corrected chi connectivity index (χ0v) is 22.8. The van der Waals surface area contributed by atoms with Crippen LogP contribution in [0.2, 0.25) is 0 Å². The van der Waals surface area contributed by atoms with E-state index >= 15 is 0 Å². The summed E-state index contributed by atoms with van der Waals surface area (Å²) in [6, 6.07) is 4.83. The Kier molecular flexibility index (Phi) is 7.58. The van der Waals surface area contributed by atoms with Gasteiger partial charge in [-0.15, -0.1) is 0 Å². The Labute approximate surface area is 219 Å². The van der Waals surface area contributed by atoms with Gasteiger partial charge in [-0.1, -0.05) is 19.8 Å². The number of piperazine rings is 1. The molecule has 37 heavy (non-hydrogen) atoms. The van der Waals surface area contributed by atoms with E-state index in [2.05, 4.69) is 27.2 Å². The summed E-state index contributed by atoms with van der Waals surface area (Å²) in [6.45, 7) is 7.55. The predicted molar refractivity (Wildman–Crippen MR) is 143 cm³/mol. The van der Waals surface area contributed by atoms with Gasteiger partial charge in [0.25, 0.3) is 5.56 Å². The smallest absolute Gasteiger partial charge is 0.276 e. The van der Waals surface area contributed by atoms with Crippen molar-refractivity contribution in [1.82, 2.24) is 24.2 Å². The number of nitrogens with one attached hydrogen (secondary N) is 2. The Morgan fingerprint density at radius 2 is 1.89 bits per heavy atom. The molecule has 0 radical (unpaired) electrons. The van der Waals surface area contributed by atoms with E-state index in [0.717, 1.165) is 25.1 Å². The fraction of sp³-hybridized carbons (Fsp3) is 0.615. The molecule has 2 aliphatic heterocycles. The number of fused-ring (bicyclic) bond motifs is 1. The number of H-pyrrole nitrogens is 1. The third kappa shape index (κ3) is 5.14. The van der Waals surface area contributed by atoms with Crippen LogP contribution in [0.1, 0.15) is 57.7 Å². The third-order valence-corrected chi connectivity index (χ3v) is 9.64. The van der Waals surface area contributed by atoms with E-state index in [-0.39, 0.29) is 16.5 Å². The maximum atomic E-state index is 13.5.